The van der Waals surface area contributed by atoms with Crippen molar-refractivity contribution in [3.05, 3.63) is 28.5 Å². The van der Waals surface area contributed by atoms with Crippen LogP contribution in [-0.4, -0.2) is 41.6 Å². The van der Waals surface area contributed by atoms with Gasteiger partial charge < -0.3 is 9.64 Å². The molecule has 1 amide bonds. The van der Waals surface area contributed by atoms with Gasteiger partial charge in [-0.2, -0.15) is 0 Å². The van der Waals surface area contributed by atoms with E-state index in [1.165, 1.54) is 0 Å². The van der Waals surface area contributed by atoms with Crippen LogP contribution in [0.3, 0.4) is 0 Å². The minimum atomic E-state index is 0.0579. The molecule has 1 atom stereocenters. The first kappa shape index (κ1) is 13.5. The Morgan fingerprint density at radius 2 is 2.50 bits per heavy atom. The first-order chi connectivity index (χ1) is 8.70. The summed E-state index contributed by atoms with van der Waals surface area (Å²) in [5, 5.41) is 0. The molecule has 0 bridgehead atoms. The fourth-order valence-corrected chi connectivity index (χ4v) is 2.58. The Morgan fingerprint density at radius 1 is 1.67 bits per heavy atom. The summed E-state index contributed by atoms with van der Waals surface area (Å²) in [5.41, 5.74) is 0.675. The molecule has 1 aliphatic heterocycles. The molecule has 1 aromatic heterocycles. The molecule has 0 aliphatic carbocycles. The van der Waals surface area contributed by atoms with Gasteiger partial charge in [0.1, 0.15) is 4.60 Å². The Morgan fingerprint density at radius 3 is 3.22 bits per heavy atom. The number of halogens is 1. The first-order valence-electron chi connectivity index (χ1n) is 6.23. The average Bonchev–Trinajstić information content (AvgIpc) is 2.39. The molecule has 0 saturated carbocycles. The molecular formula is C13H17BrN2O2. The van der Waals surface area contributed by atoms with Gasteiger partial charge in [-0.1, -0.05) is 0 Å². The number of nitrogens with zero attached hydrogens (tertiary/aromatic N) is 2. The van der Waals surface area contributed by atoms with Gasteiger partial charge in [0.05, 0.1) is 6.10 Å². The van der Waals surface area contributed by atoms with E-state index in [1.54, 1.807) is 18.3 Å². The highest BCUT2D eigenvalue weighted by molar-refractivity contribution is 9.10. The van der Waals surface area contributed by atoms with Crippen molar-refractivity contribution in [2.24, 2.45) is 0 Å². The second-order valence-corrected chi connectivity index (χ2v) is 5.15. The van der Waals surface area contributed by atoms with Crippen molar-refractivity contribution in [3.63, 3.8) is 0 Å². The fourth-order valence-electron chi connectivity index (χ4n) is 2.21. The van der Waals surface area contributed by atoms with Crippen molar-refractivity contribution in [3.8, 4) is 0 Å². The Labute approximate surface area is 115 Å². The fraction of sp³-hybridized carbons (Fsp3) is 0.538. The third kappa shape index (κ3) is 3.29. The molecule has 1 aliphatic rings. The number of likely N-dealkylation sites (tertiary alicyclic amines) is 1. The predicted molar refractivity (Wildman–Crippen MR) is 72.5 cm³/mol. The van der Waals surface area contributed by atoms with Crippen molar-refractivity contribution in [2.75, 3.05) is 19.7 Å². The summed E-state index contributed by atoms with van der Waals surface area (Å²) in [7, 11) is 0. The largest absolute Gasteiger partial charge is 0.377 e. The third-order valence-corrected chi connectivity index (χ3v) is 3.47. The number of hydrogen-bond acceptors (Lipinski definition) is 3. The number of carbonyl (C=O) groups is 1. The summed E-state index contributed by atoms with van der Waals surface area (Å²) in [4.78, 5) is 18.2. The Kier molecular flexibility index (Phi) is 4.72. The summed E-state index contributed by atoms with van der Waals surface area (Å²) in [6.45, 7) is 4.18. The van der Waals surface area contributed by atoms with Gasteiger partial charge in [0.25, 0.3) is 5.91 Å². The van der Waals surface area contributed by atoms with E-state index in [4.69, 9.17) is 4.74 Å². The zero-order chi connectivity index (χ0) is 13.0. The van der Waals surface area contributed by atoms with Gasteiger partial charge in [0, 0.05) is 31.5 Å². The molecule has 1 fully saturated rings. The van der Waals surface area contributed by atoms with Gasteiger partial charge in [0.15, 0.2) is 0 Å². The molecule has 2 rings (SSSR count). The molecule has 0 spiro atoms. The SMILES string of the molecule is CCOC1CCCN(C(=O)c2ccnc(Br)c2)C1. The van der Waals surface area contributed by atoms with E-state index < -0.39 is 0 Å². The van der Waals surface area contributed by atoms with E-state index in [0.717, 1.165) is 19.4 Å². The summed E-state index contributed by atoms with van der Waals surface area (Å²) in [5.74, 6) is 0.0579. The van der Waals surface area contributed by atoms with Gasteiger partial charge in [-0.15, -0.1) is 0 Å². The maximum Gasteiger partial charge on any atom is 0.254 e. The van der Waals surface area contributed by atoms with Crippen LogP contribution in [0.15, 0.2) is 22.9 Å². The molecule has 1 saturated heterocycles. The van der Waals surface area contributed by atoms with Gasteiger partial charge in [0.2, 0.25) is 0 Å². The quantitative estimate of drug-likeness (QED) is 0.805. The van der Waals surface area contributed by atoms with Crippen LogP contribution in [0.25, 0.3) is 0 Å². The Hall–Kier alpha value is -0.940. The summed E-state index contributed by atoms with van der Waals surface area (Å²) in [6.07, 6.45) is 3.86. The van der Waals surface area contributed by atoms with Crippen LogP contribution in [0, 0.1) is 0 Å². The van der Waals surface area contributed by atoms with Crippen LogP contribution in [0.2, 0.25) is 0 Å². The number of hydrogen-bond donors (Lipinski definition) is 0. The van der Waals surface area contributed by atoms with Crippen LogP contribution in [0.1, 0.15) is 30.1 Å². The summed E-state index contributed by atoms with van der Waals surface area (Å²) < 4.78 is 6.29. The number of aromatic nitrogens is 1. The van der Waals surface area contributed by atoms with E-state index in [-0.39, 0.29) is 12.0 Å². The van der Waals surface area contributed by atoms with Gasteiger partial charge in [-0.05, 0) is 47.8 Å². The lowest BCUT2D eigenvalue weighted by Crippen LogP contribution is -2.43. The lowest BCUT2D eigenvalue weighted by atomic mass is 10.1. The highest BCUT2D eigenvalue weighted by atomic mass is 79.9. The first-order valence-corrected chi connectivity index (χ1v) is 7.02. The molecule has 2 heterocycles. The van der Waals surface area contributed by atoms with Crippen LogP contribution in [0.4, 0.5) is 0 Å². The number of carbonyl (C=O) groups excluding carboxylic acids is 1. The molecule has 0 aromatic carbocycles. The van der Waals surface area contributed by atoms with E-state index in [2.05, 4.69) is 20.9 Å². The Balaban J connectivity index is 2.04. The topological polar surface area (TPSA) is 42.4 Å². The predicted octanol–water partition coefficient (Wildman–Crippen LogP) is 2.49. The van der Waals surface area contributed by atoms with Gasteiger partial charge in [-0.25, -0.2) is 4.98 Å². The molecule has 0 N–H and O–H groups in total. The second-order valence-electron chi connectivity index (χ2n) is 4.34. The number of amides is 1. The normalized spacial score (nSPS) is 19.9. The van der Waals surface area contributed by atoms with Crippen LogP contribution in [0.5, 0.6) is 0 Å². The van der Waals surface area contributed by atoms with Crippen molar-refractivity contribution >= 4 is 21.8 Å². The molecule has 1 unspecified atom stereocenters. The van der Waals surface area contributed by atoms with Crippen molar-refractivity contribution < 1.29 is 9.53 Å². The molecule has 1 aromatic rings. The molecular weight excluding hydrogens is 296 g/mol. The van der Waals surface area contributed by atoms with E-state index >= 15 is 0 Å². The molecule has 5 heteroatoms. The zero-order valence-corrected chi connectivity index (χ0v) is 12.0. The summed E-state index contributed by atoms with van der Waals surface area (Å²) >= 11 is 3.28. The highest BCUT2D eigenvalue weighted by Gasteiger charge is 2.24. The smallest absolute Gasteiger partial charge is 0.254 e. The zero-order valence-electron chi connectivity index (χ0n) is 10.4. The number of rotatable bonds is 3. The van der Waals surface area contributed by atoms with Gasteiger partial charge >= 0.3 is 0 Å². The maximum atomic E-state index is 12.3. The lowest BCUT2D eigenvalue weighted by Gasteiger charge is -2.32. The van der Waals surface area contributed by atoms with E-state index in [0.29, 0.717) is 23.3 Å². The van der Waals surface area contributed by atoms with E-state index in [9.17, 15) is 4.79 Å². The second kappa shape index (κ2) is 6.29. The lowest BCUT2D eigenvalue weighted by molar-refractivity contribution is 0.00724. The Bertz CT molecular complexity index is 423. The summed E-state index contributed by atoms with van der Waals surface area (Å²) in [6, 6.07) is 3.50. The maximum absolute atomic E-state index is 12.3. The molecule has 98 valence electrons. The van der Waals surface area contributed by atoms with Crippen LogP contribution in [-0.2, 0) is 4.74 Å². The number of ether oxygens (including phenoxy) is 1. The van der Waals surface area contributed by atoms with E-state index in [1.807, 2.05) is 11.8 Å². The van der Waals surface area contributed by atoms with Gasteiger partial charge in [-0.3, -0.25) is 4.79 Å². The molecule has 0 radical (unpaired) electrons. The number of pyridine rings is 1. The minimum absolute atomic E-state index is 0.0579. The standard InChI is InChI=1S/C13H17BrN2O2/c1-2-18-11-4-3-7-16(9-11)13(17)10-5-6-15-12(14)8-10/h5-6,8,11H,2-4,7,9H2,1H3. The molecule has 4 nitrogen and oxygen atoms in total. The minimum Gasteiger partial charge on any atom is -0.377 e. The highest BCUT2D eigenvalue weighted by Crippen LogP contribution is 2.17. The third-order valence-electron chi connectivity index (χ3n) is 3.04. The molecule has 18 heavy (non-hydrogen) atoms. The average molecular weight is 313 g/mol. The number of piperidine rings is 1. The van der Waals surface area contributed by atoms with Crippen molar-refractivity contribution in [1.29, 1.82) is 0 Å². The van der Waals surface area contributed by atoms with Crippen LogP contribution < -0.4 is 0 Å². The van der Waals surface area contributed by atoms with Crippen molar-refractivity contribution in [2.45, 2.75) is 25.9 Å². The van der Waals surface area contributed by atoms with Crippen molar-refractivity contribution in [1.82, 2.24) is 9.88 Å². The van der Waals surface area contributed by atoms with Crippen LogP contribution >= 0.6 is 15.9 Å². The monoisotopic (exact) mass is 312 g/mol.